The van der Waals surface area contributed by atoms with Crippen molar-refractivity contribution in [2.45, 2.75) is 63.2 Å². The van der Waals surface area contributed by atoms with Crippen molar-refractivity contribution in [3.63, 3.8) is 0 Å². The summed E-state index contributed by atoms with van der Waals surface area (Å²) in [6.07, 6.45) is 6.51. The van der Waals surface area contributed by atoms with E-state index in [1.54, 1.807) is 29.2 Å². The van der Waals surface area contributed by atoms with E-state index in [1.165, 1.54) is 0 Å². The molecule has 0 spiro atoms. The third-order valence-electron chi connectivity index (χ3n) is 7.12. The van der Waals surface area contributed by atoms with Crippen LogP contribution in [0.5, 0.6) is 5.75 Å². The fourth-order valence-electron chi connectivity index (χ4n) is 6.14. The van der Waals surface area contributed by atoms with Gasteiger partial charge in [-0.1, -0.05) is 30.6 Å². The highest BCUT2D eigenvalue weighted by Crippen LogP contribution is 2.59. The van der Waals surface area contributed by atoms with Crippen LogP contribution in [0.2, 0.25) is 5.02 Å². The summed E-state index contributed by atoms with van der Waals surface area (Å²) in [5.41, 5.74) is 0. The fourth-order valence-corrected chi connectivity index (χ4v) is 7.62. The monoisotopic (exact) mass is 464 g/mol. The highest BCUT2D eigenvalue weighted by atomic mass is 35.5. The number of hydrogen-bond acceptors (Lipinski definition) is 5. The van der Waals surface area contributed by atoms with Gasteiger partial charge in [-0.2, -0.15) is 5.26 Å². The van der Waals surface area contributed by atoms with E-state index in [0.29, 0.717) is 48.2 Å². The number of nitrogens with two attached hydrogens (primary N) is 1. The van der Waals surface area contributed by atoms with Crippen LogP contribution in [0.3, 0.4) is 0 Å². The van der Waals surface area contributed by atoms with Gasteiger partial charge in [-0.3, -0.25) is 4.90 Å². The maximum absolute atomic E-state index is 12.4. The van der Waals surface area contributed by atoms with Crippen molar-refractivity contribution in [1.82, 2.24) is 4.90 Å². The van der Waals surface area contributed by atoms with Crippen LogP contribution in [-0.4, -0.2) is 29.9 Å². The van der Waals surface area contributed by atoms with Crippen molar-refractivity contribution in [3.05, 3.63) is 29.3 Å². The molecule has 31 heavy (non-hydrogen) atoms. The largest absolute Gasteiger partial charge is 0.355 e. The molecule has 7 nitrogen and oxygen atoms in total. The Bertz CT molecular complexity index is 987. The summed E-state index contributed by atoms with van der Waals surface area (Å²) in [6.45, 7) is 4.14. The van der Waals surface area contributed by atoms with Gasteiger partial charge in [0.15, 0.2) is 17.8 Å². The van der Waals surface area contributed by atoms with Crippen molar-refractivity contribution < 1.29 is 13.3 Å². The van der Waals surface area contributed by atoms with Crippen LogP contribution in [0.15, 0.2) is 29.4 Å². The van der Waals surface area contributed by atoms with Gasteiger partial charge in [-0.15, -0.1) is 0 Å². The van der Waals surface area contributed by atoms with Crippen LogP contribution in [-0.2, 0) is 10.0 Å². The summed E-state index contributed by atoms with van der Waals surface area (Å²) >= 11 is 5.94. The molecule has 1 aromatic rings. The average Bonchev–Trinajstić information content (AvgIpc) is 2.68. The number of halogens is 1. The minimum Gasteiger partial charge on any atom is -0.355 e. The Morgan fingerprint density at radius 3 is 2.42 bits per heavy atom. The number of hydrogen-bond donors (Lipinski definition) is 1. The zero-order valence-corrected chi connectivity index (χ0v) is 19.4. The highest BCUT2D eigenvalue weighted by molar-refractivity contribution is 7.90. The van der Waals surface area contributed by atoms with Crippen molar-refractivity contribution in [3.8, 4) is 11.9 Å². The van der Waals surface area contributed by atoms with Crippen LogP contribution in [0.1, 0.15) is 52.4 Å². The van der Waals surface area contributed by atoms with Gasteiger partial charge in [0, 0.05) is 11.4 Å². The predicted molar refractivity (Wildman–Crippen MR) is 120 cm³/mol. The molecule has 4 aliphatic carbocycles. The molecule has 0 saturated heterocycles. The van der Waals surface area contributed by atoms with E-state index in [2.05, 4.69) is 25.2 Å². The van der Waals surface area contributed by atoms with Crippen LogP contribution in [0.25, 0.3) is 0 Å². The van der Waals surface area contributed by atoms with E-state index in [9.17, 15) is 13.7 Å². The minimum absolute atomic E-state index is 0.0669. The normalized spacial score (nSPS) is 32.2. The molecule has 0 amide bonds. The standard InChI is InChI=1S/C22H29ClN4O3S/c1-14(2)7-20(26-30-19-5-3-18(23)4-6-19)27(13-24)21-16-8-15-9-17(21)12-22(10-15,11-16)31(25,28)29/h3-6,14-17,21H,7-12H2,1-2H3,(H2,25,28,29)/b26-20+. The summed E-state index contributed by atoms with van der Waals surface area (Å²) in [6, 6.07) is 6.84. The summed E-state index contributed by atoms with van der Waals surface area (Å²) in [5, 5.41) is 20.8. The molecule has 4 fully saturated rings. The molecule has 5 rings (SSSR count). The number of primary sulfonamides is 1. The first kappa shape index (κ1) is 22.4. The second-order valence-corrected chi connectivity index (χ2v) is 12.2. The van der Waals surface area contributed by atoms with Gasteiger partial charge in [-0.25, -0.2) is 13.6 Å². The second kappa shape index (κ2) is 8.27. The summed E-state index contributed by atoms with van der Waals surface area (Å²) in [4.78, 5) is 7.34. The molecule has 2 N–H and O–H groups in total. The number of rotatable bonds is 6. The number of benzene rings is 1. The van der Waals surface area contributed by atoms with Gasteiger partial charge in [0.25, 0.3) is 0 Å². The molecule has 2 atom stereocenters. The lowest BCUT2D eigenvalue weighted by atomic mass is 9.53. The molecule has 0 heterocycles. The molecule has 0 radical (unpaired) electrons. The molecular weight excluding hydrogens is 436 g/mol. The van der Waals surface area contributed by atoms with Crippen molar-refractivity contribution in [1.29, 1.82) is 5.26 Å². The van der Waals surface area contributed by atoms with Gasteiger partial charge < -0.3 is 4.84 Å². The molecule has 0 aromatic heterocycles. The van der Waals surface area contributed by atoms with Crippen LogP contribution >= 0.6 is 11.6 Å². The van der Waals surface area contributed by atoms with E-state index < -0.39 is 14.8 Å². The third kappa shape index (κ3) is 4.28. The van der Waals surface area contributed by atoms with E-state index in [1.807, 2.05) is 0 Å². The summed E-state index contributed by atoms with van der Waals surface area (Å²) in [5.74, 6) is 1.98. The number of nitriles is 1. The average molecular weight is 465 g/mol. The molecular formula is C22H29ClN4O3S. The number of amidine groups is 1. The number of nitrogens with zero attached hydrogens (tertiary/aromatic N) is 3. The van der Waals surface area contributed by atoms with E-state index >= 15 is 0 Å². The van der Waals surface area contributed by atoms with Gasteiger partial charge in [0.2, 0.25) is 10.0 Å². The Labute approximate surface area is 189 Å². The molecule has 4 saturated carbocycles. The topological polar surface area (TPSA) is 109 Å². The van der Waals surface area contributed by atoms with Crippen LogP contribution in [0.4, 0.5) is 0 Å². The number of oxime groups is 1. The predicted octanol–water partition coefficient (Wildman–Crippen LogP) is 4.10. The molecule has 1 aromatic carbocycles. The SMILES string of the molecule is CC(C)C/C(=N\Oc1ccc(Cl)cc1)N(C#N)C1C2CC3CC1CC(S(N)(=O)=O)(C3)C2. The summed E-state index contributed by atoms with van der Waals surface area (Å²) < 4.78 is 24.1. The Balaban J connectivity index is 1.62. The third-order valence-corrected chi connectivity index (χ3v) is 9.07. The lowest BCUT2D eigenvalue weighted by Crippen LogP contribution is -2.64. The van der Waals surface area contributed by atoms with Crippen molar-refractivity contribution in [2.24, 2.45) is 34.0 Å². The number of sulfonamides is 1. The lowest BCUT2D eigenvalue weighted by molar-refractivity contribution is -0.0219. The van der Waals surface area contributed by atoms with Gasteiger partial charge in [0.1, 0.15) is 0 Å². The van der Waals surface area contributed by atoms with E-state index in [4.69, 9.17) is 21.6 Å². The first-order chi connectivity index (χ1) is 14.6. The zero-order valence-electron chi connectivity index (χ0n) is 17.9. The molecule has 4 bridgehead atoms. The fraction of sp³-hybridized carbons (Fsp3) is 0.636. The molecule has 2 unspecified atom stereocenters. The maximum atomic E-state index is 12.4. The van der Waals surface area contributed by atoms with Gasteiger partial charge in [0.05, 0.1) is 10.8 Å². The summed E-state index contributed by atoms with van der Waals surface area (Å²) in [7, 11) is -3.63. The lowest BCUT2D eigenvalue weighted by Gasteiger charge is -2.59. The first-order valence-corrected chi connectivity index (χ1v) is 12.7. The molecule has 168 valence electrons. The van der Waals surface area contributed by atoms with E-state index in [0.717, 1.165) is 12.8 Å². The van der Waals surface area contributed by atoms with Crippen molar-refractivity contribution in [2.75, 3.05) is 0 Å². The first-order valence-electron chi connectivity index (χ1n) is 10.8. The van der Waals surface area contributed by atoms with E-state index in [-0.39, 0.29) is 23.8 Å². The van der Waals surface area contributed by atoms with Crippen molar-refractivity contribution >= 4 is 27.5 Å². The molecule has 4 aliphatic rings. The second-order valence-electron chi connectivity index (χ2n) is 9.81. The van der Waals surface area contributed by atoms with Gasteiger partial charge >= 0.3 is 0 Å². The Morgan fingerprint density at radius 1 is 1.29 bits per heavy atom. The molecule has 9 heteroatoms. The minimum atomic E-state index is -3.63. The van der Waals surface area contributed by atoms with Crippen LogP contribution in [0, 0.1) is 35.1 Å². The quantitative estimate of drug-likeness (QED) is 0.224. The Kier molecular flexibility index (Phi) is 5.97. The smallest absolute Gasteiger partial charge is 0.214 e. The Hall–Kier alpha value is -1.82. The maximum Gasteiger partial charge on any atom is 0.214 e. The Morgan fingerprint density at radius 2 is 1.90 bits per heavy atom. The highest BCUT2D eigenvalue weighted by Gasteiger charge is 2.61. The van der Waals surface area contributed by atoms with Crippen LogP contribution < -0.4 is 9.98 Å². The van der Waals surface area contributed by atoms with Gasteiger partial charge in [-0.05, 0) is 80.0 Å². The molecule has 0 aliphatic heterocycles. The zero-order chi connectivity index (χ0) is 22.4.